The molecule has 2 aromatic rings. The van der Waals surface area contributed by atoms with Crippen LogP contribution in [0.4, 0.5) is 10.1 Å². The quantitative estimate of drug-likeness (QED) is 0.859. The number of halogens is 1. The Morgan fingerprint density at radius 2 is 2.00 bits per heavy atom. The van der Waals surface area contributed by atoms with Crippen LogP contribution >= 0.6 is 11.8 Å². The minimum absolute atomic E-state index is 0.0417. The number of rotatable bonds is 5. The van der Waals surface area contributed by atoms with E-state index in [9.17, 15) is 14.0 Å². The molecule has 2 amide bonds. The molecule has 1 heterocycles. The second-order valence-electron chi connectivity index (χ2n) is 6.38. The number of hydrogen-bond acceptors (Lipinski definition) is 3. The number of thioether (sulfide) groups is 1. The van der Waals surface area contributed by atoms with Gasteiger partial charge in [-0.05, 0) is 37.6 Å². The lowest BCUT2D eigenvalue weighted by Gasteiger charge is -2.24. The van der Waals surface area contributed by atoms with Crippen molar-refractivity contribution in [3.05, 3.63) is 65.5 Å². The highest BCUT2D eigenvalue weighted by molar-refractivity contribution is 8.01. The number of anilines is 1. The second kappa shape index (κ2) is 7.91. The van der Waals surface area contributed by atoms with E-state index in [1.807, 2.05) is 32.0 Å². The molecule has 2 atom stereocenters. The first-order chi connectivity index (χ1) is 12.4. The fourth-order valence-corrected chi connectivity index (χ4v) is 4.29. The Labute approximate surface area is 156 Å². The van der Waals surface area contributed by atoms with Gasteiger partial charge in [0, 0.05) is 18.7 Å². The van der Waals surface area contributed by atoms with Gasteiger partial charge in [0.15, 0.2) is 0 Å². The van der Waals surface area contributed by atoms with Crippen molar-refractivity contribution in [1.29, 1.82) is 0 Å². The Hall–Kier alpha value is -2.34. The summed E-state index contributed by atoms with van der Waals surface area (Å²) in [5, 5.41) is 2.46. The van der Waals surface area contributed by atoms with Crippen LogP contribution in [0, 0.1) is 12.7 Å². The van der Waals surface area contributed by atoms with Crippen LogP contribution in [0.5, 0.6) is 0 Å². The van der Waals surface area contributed by atoms with Crippen LogP contribution in [-0.2, 0) is 9.59 Å². The molecule has 0 aromatic heterocycles. The number of nitrogens with zero attached hydrogens (tertiary/aromatic N) is 1. The average Bonchev–Trinajstić information content (AvgIpc) is 2.88. The standard InChI is InChI=1S/C20H21FN2O2S/c1-13-5-3-6-15(11-13)20-23(19(25)14(2)26-20)10-9-18(24)22-17-8-4-7-16(21)12-17/h3-8,11-12,14,20H,9-10H2,1-2H3,(H,22,24). The second-order valence-corrected chi connectivity index (χ2v) is 7.81. The summed E-state index contributed by atoms with van der Waals surface area (Å²) in [5.74, 6) is -0.599. The van der Waals surface area contributed by atoms with Gasteiger partial charge >= 0.3 is 0 Å². The predicted octanol–water partition coefficient (Wildman–Crippen LogP) is 4.13. The largest absolute Gasteiger partial charge is 0.326 e. The number of carbonyl (C=O) groups is 2. The van der Waals surface area contributed by atoms with Gasteiger partial charge in [0.1, 0.15) is 11.2 Å². The maximum atomic E-state index is 13.2. The zero-order valence-corrected chi connectivity index (χ0v) is 15.6. The molecule has 2 unspecified atom stereocenters. The zero-order chi connectivity index (χ0) is 18.7. The summed E-state index contributed by atoms with van der Waals surface area (Å²) in [6, 6.07) is 13.9. The van der Waals surface area contributed by atoms with E-state index in [2.05, 4.69) is 11.4 Å². The Morgan fingerprint density at radius 3 is 2.73 bits per heavy atom. The molecule has 1 saturated heterocycles. The normalized spacial score (nSPS) is 19.7. The molecule has 1 N–H and O–H groups in total. The van der Waals surface area contributed by atoms with Crippen LogP contribution in [0.25, 0.3) is 0 Å². The SMILES string of the molecule is Cc1cccc(C2SC(C)C(=O)N2CCC(=O)Nc2cccc(F)c2)c1. The number of carbonyl (C=O) groups excluding carboxylic acids is 2. The molecule has 6 heteroatoms. The molecule has 3 rings (SSSR count). The van der Waals surface area contributed by atoms with E-state index in [0.717, 1.165) is 11.1 Å². The smallest absolute Gasteiger partial charge is 0.236 e. The molecule has 4 nitrogen and oxygen atoms in total. The van der Waals surface area contributed by atoms with Gasteiger partial charge in [-0.3, -0.25) is 9.59 Å². The minimum atomic E-state index is -0.401. The highest BCUT2D eigenvalue weighted by Gasteiger charge is 2.38. The Morgan fingerprint density at radius 1 is 1.23 bits per heavy atom. The van der Waals surface area contributed by atoms with E-state index in [-0.39, 0.29) is 28.9 Å². The van der Waals surface area contributed by atoms with Gasteiger partial charge in [-0.2, -0.15) is 0 Å². The average molecular weight is 372 g/mol. The van der Waals surface area contributed by atoms with Crippen molar-refractivity contribution >= 4 is 29.3 Å². The summed E-state index contributed by atoms with van der Waals surface area (Å²) < 4.78 is 13.2. The topological polar surface area (TPSA) is 49.4 Å². The highest BCUT2D eigenvalue weighted by atomic mass is 32.2. The third kappa shape index (κ3) is 4.25. The van der Waals surface area contributed by atoms with Gasteiger partial charge in [-0.1, -0.05) is 35.9 Å². The molecule has 1 aliphatic rings. The van der Waals surface area contributed by atoms with Crippen molar-refractivity contribution in [2.45, 2.75) is 30.9 Å². The van der Waals surface area contributed by atoms with Crippen LogP contribution in [0.2, 0.25) is 0 Å². The van der Waals surface area contributed by atoms with E-state index in [4.69, 9.17) is 0 Å². The number of hydrogen-bond donors (Lipinski definition) is 1. The summed E-state index contributed by atoms with van der Waals surface area (Å²) in [5.41, 5.74) is 2.62. The molecule has 0 saturated carbocycles. The lowest BCUT2D eigenvalue weighted by molar-refractivity contribution is -0.130. The highest BCUT2D eigenvalue weighted by Crippen LogP contribution is 2.43. The molecule has 0 bridgehead atoms. The van der Waals surface area contributed by atoms with E-state index in [1.54, 1.807) is 28.8 Å². The summed E-state index contributed by atoms with van der Waals surface area (Å²) in [4.78, 5) is 26.5. The molecule has 1 fully saturated rings. The fraction of sp³-hybridized carbons (Fsp3) is 0.300. The van der Waals surface area contributed by atoms with E-state index in [1.165, 1.54) is 12.1 Å². The molecule has 2 aromatic carbocycles. The first kappa shape index (κ1) is 18.5. The van der Waals surface area contributed by atoms with Gasteiger partial charge < -0.3 is 10.2 Å². The third-order valence-electron chi connectivity index (χ3n) is 4.26. The van der Waals surface area contributed by atoms with Crippen LogP contribution in [0.15, 0.2) is 48.5 Å². The van der Waals surface area contributed by atoms with E-state index >= 15 is 0 Å². The molecule has 26 heavy (non-hydrogen) atoms. The molecular formula is C20H21FN2O2S. The van der Waals surface area contributed by atoms with Gasteiger partial charge in [0.25, 0.3) is 0 Å². The molecular weight excluding hydrogens is 351 g/mol. The molecule has 0 radical (unpaired) electrons. The van der Waals surface area contributed by atoms with E-state index in [0.29, 0.717) is 12.2 Å². The monoisotopic (exact) mass is 372 g/mol. The van der Waals surface area contributed by atoms with Crippen molar-refractivity contribution in [3.8, 4) is 0 Å². The summed E-state index contributed by atoms with van der Waals surface area (Å²) in [7, 11) is 0. The predicted molar refractivity (Wildman–Crippen MR) is 102 cm³/mol. The van der Waals surface area contributed by atoms with Crippen molar-refractivity contribution in [3.63, 3.8) is 0 Å². The lowest BCUT2D eigenvalue weighted by Crippen LogP contribution is -2.33. The Bertz CT molecular complexity index is 827. The van der Waals surface area contributed by atoms with Crippen LogP contribution in [0.1, 0.15) is 29.8 Å². The Kier molecular flexibility index (Phi) is 5.61. The summed E-state index contributed by atoms with van der Waals surface area (Å²) in [6.45, 7) is 4.24. The van der Waals surface area contributed by atoms with Gasteiger partial charge in [0.2, 0.25) is 11.8 Å². The van der Waals surface area contributed by atoms with E-state index < -0.39 is 5.82 Å². The Balaban J connectivity index is 1.66. The van der Waals surface area contributed by atoms with Gasteiger partial charge in [-0.25, -0.2) is 4.39 Å². The molecule has 0 spiro atoms. The lowest BCUT2D eigenvalue weighted by atomic mass is 10.1. The van der Waals surface area contributed by atoms with Crippen LogP contribution in [0.3, 0.4) is 0 Å². The minimum Gasteiger partial charge on any atom is -0.326 e. The first-order valence-corrected chi connectivity index (χ1v) is 9.46. The summed E-state index contributed by atoms with van der Waals surface area (Å²) >= 11 is 1.60. The molecule has 136 valence electrons. The van der Waals surface area contributed by atoms with Crippen molar-refractivity contribution in [2.75, 3.05) is 11.9 Å². The molecule has 0 aliphatic carbocycles. The van der Waals surface area contributed by atoms with Crippen molar-refractivity contribution < 1.29 is 14.0 Å². The van der Waals surface area contributed by atoms with Gasteiger partial charge in [-0.15, -0.1) is 11.8 Å². The first-order valence-electron chi connectivity index (χ1n) is 8.52. The zero-order valence-electron chi connectivity index (χ0n) is 14.7. The fourth-order valence-electron chi connectivity index (χ4n) is 3.00. The molecule has 1 aliphatic heterocycles. The summed E-state index contributed by atoms with van der Waals surface area (Å²) in [6.07, 6.45) is 0.165. The maximum Gasteiger partial charge on any atom is 0.236 e. The van der Waals surface area contributed by atoms with Crippen LogP contribution < -0.4 is 5.32 Å². The van der Waals surface area contributed by atoms with Crippen molar-refractivity contribution in [1.82, 2.24) is 4.90 Å². The number of amides is 2. The van der Waals surface area contributed by atoms with Gasteiger partial charge in [0.05, 0.1) is 5.25 Å². The third-order valence-corrected chi connectivity index (χ3v) is 5.66. The maximum absolute atomic E-state index is 13.2. The number of aryl methyl sites for hydroxylation is 1. The van der Waals surface area contributed by atoms with Crippen LogP contribution in [-0.4, -0.2) is 28.5 Å². The number of benzene rings is 2. The number of nitrogens with one attached hydrogen (secondary N) is 1. The van der Waals surface area contributed by atoms with Crippen molar-refractivity contribution in [2.24, 2.45) is 0 Å².